The molecule has 0 aromatic rings. The van der Waals surface area contributed by atoms with Crippen molar-refractivity contribution in [1.82, 2.24) is 10.2 Å². The Kier molecular flexibility index (Phi) is 47.1. The molecule has 0 aromatic carbocycles. The molecule has 0 aliphatic carbocycles. The summed E-state index contributed by atoms with van der Waals surface area (Å²) in [5.41, 5.74) is 0. The molecule has 16 heteroatoms. The minimum Gasteiger partial charge on any atom is -0.870 e. The molecule has 0 fully saturated rings. The Morgan fingerprint density at radius 2 is 1.14 bits per heavy atom. The minimum atomic E-state index is -0.573. The van der Waals surface area contributed by atoms with Crippen molar-refractivity contribution >= 4 is 36.1 Å². The van der Waals surface area contributed by atoms with Gasteiger partial charge in [-0.2, -0.15) is 0 Å². The van der Waals surface area contributed by atoms with Gasteiger partial charge in [-0.25, -0.2) is 0 Å². The number of carbonyl (C=O) groups is 5. The van der Waals surface area contributed by atoms with Gasteiger partial charge < -0.3 is 48.9 Å². The fraction of sp³-hybridized carbons (Fsp3) is 0.769. The molecule has 0 unspecified atom stereocenters. The first-order valence-electron chi connectivity index (χ1n) is 13.1. The van der Waals surface area contributed by atoms with Gasteiger partial charge in [-0.15, -0.1) is 0 Å². The third-order valence-electron chi connectivity index (χ3n) is 4.23. The Balaban J connectivity index is -0.000000177. The zero-order chi connectivity index (χ0) is 31.0. The van der Waals surface area contributed by atoms with Gasteiger partial charge in [0, 0.05) is 40.4 Å². The van der Waals surface area contributed by atoms with E-state index >= 15 is 0 Å². The van der Waals surface area contributed by atoms with Crippen molar-refractivity contribution in [2.24, 2.45) is 0 Å². The van der Waals surface area contributed by atoms with Crippen LogP contribution in [0.15, 0.2) is 0 Å². The van der Waals surface area contributed by atoms with Crippen LogP contribution in [0, 0.1) is 0 Å². The summed E-state index contributed by atoms with van der Waals surface area (Å²) < 4.78 is 28.4. The first-order chi connectivity index (χ1) is 19.2. The summed E-state index contributed by atoms with van der Waals surface area (Å²) in [5.74, 6) is -2.00. The maximum absolute atomic E-state index is 11.9. The number of ether oxygens (including phenoxy) is 6. The van der Waals surface area contributed by atoms with Crippen LogP contribution >= 0.6 is 0 Å². The Labute approximate surface area is 291 Å². The standard InChI is InChI=1S/C13H23NO6.C8H17NO3.C5H7O3.K.H2O/c1-4-19-12(16)6-7-14(8-9-18-3)11(15)10-13(17)20-5-2;1-3-12-8(10)4-5-9-6-7-11-2;1-2-8-5(7)3-4-6;;/h4-10H2,1-3H3;9H,3-7H2,1-2H3;2-3H2,1H3;;1H2/q;;-1;+1;/p-1. The first-order valence-corrected chi connectivity index (χ1v) is 13.1. The molecule has 0 bridgehead atoms. The summed E-state index contributed by atoms with van der Waals surface area (Å²) >= 11 is 0. The SMILES string of the molecule is CCOC(=O)CCN(CCOC)C(=O)CC(=O)OCC.CCOC(=O)CCNCCOC.CCOC(=O)C[C-]=O.[K+].[OH-]. The number of rotatable bonds is 20. The zero-order valence-electron chi connectivity index (χ0n) is 26.2. The molecule has 15 nitrogen and oxygen atoms in total. The van der Waals surface area contributed by atoms with Crippen LogP contribution in [-0.2, 0) is 57.2 Å². The van der Waals surface area contributed by atoms with Crippen molar-refractivity contribution in [3.8, 4) is 0 Å². The van der Waals surface area contributed by atoms with E-state index in [0.29, 0.717) is 52.5 Å². The number of nitrogens with zero attached hydrogens (tertiary/aromatic N) is 1. The molecular weight excluding hydrogens is 587 g/mol. The van der Waals surface area contributed by atoms with E-state index in [-0.39, 0.29) is 107 Å². The van der Waals surface area contributed by atoms with Crippen LogP contribution in [0.4, 0.5) is 0 Å². The predicted octanol–water partition coefficient (Wildman–Crippen LogP) is -2.58. The van der Waals surface area contributed by atoms with E-state index in [1.165, 1.54) is 18.3 Å². The van der Waals surface area contributed by atoms with Crippen molar-refractivity contribution in [2.75, 3.05) is 80.0 Å². The molecule has 0 heterocycles. The molecule has 0 saturated carbocycles. The molecule has 42 heavy (non-hydrogen) atoms. The number of esters is 4. The molecule has 0 spiro atoms. The quantitative estimate of drug-likeness (QED) is 0.0365. The van der Waals surface area contributed by atoms with Crippen molar-refractivity contribution < 1.29 is 114 Å². The normalized spacial score (nSPS) is 9.10. The predicted molar refractivity (Wildman–Crippen MR) is 146 cm³/mol. The maximum atomic E-state index is 11.9. The Bertz CT molecular complexity index is 697. The van der Waals surface area contributed by atoms with Gasteiger partial charge in [0.05, 0.1) is 52.5 Å². The molecule has 0 atom stereocenters. The molecule has 0 aliphatic heterocycles. The molecule has 242 valence electrons. The van der Waals surface area contributed by atoms with E-state index in [1.807, 2.05) is 0 Å². The van der Waals surface area contributed by atoms with Crippen LogP contribution < -0.4 is 56.7 Å². The van der Waals surface area contributed by atoms with Gasteiger partial charge in [-0.1, -0.05) is 6.42 Å². The largest absolute Gasteiger partial charge is 1.00 e. The summed E-state index contributed by atoms with van der Waals surface area (Å²) in [6.45, 7) is 11.1. The monoisotopic (exact) mass is 635 g/mol. The van der Waals surface area contributed by atoms with Gasteiger partial charge in [0.2, 0.25) is 5.91 Å². The summed E-state index contributed by atoms with van der Waals surface area (Å²) in [6.07, 6.45) is 1.36. The number of nitrogens with one attached hydrogen (secondary N) is 1. The van der Waals surface area contributed by atoms with E-state index in [2.05, 4.69) is 10.1 Å². The van der Waals surface area contributed by atoms with Gasteiger partial charge in [-0.3, -0.25) is 30.3 Å². The number of carbonyl (C=O) groups excluding carboxylic acids is 6. The number of amides is 1. The van der Waals surface area contributed by atoms with Crippen LogP contribution in [0.25, 0.3) is 0 Å². The van der Waals surface area contributed by atoms with Gasteiger partial charge in [0.15, 0.2) is 0 Å². The molecule has 0 rings (SSSR count). The second-order valence-electron chi connectivity index (χ2n) is 7.33. The van der Waals surface area contributed by atoms with Crippen LogP contribution in [-0.4, -0.2) is 126 Å². The van der Waals surface area contributed by atoms with Gasteiger partial charge >= 0.3 is 69.3 Å². The summed E-state index contributed by atoms with van der Waals surface area (Å²) in [5, 5.41) is 3.05. The summed E-state index contributed by atoms with van der Waals surface area (Å²) in [6, 6.07) is 0. The van der Waals surface area contributed by atoms with Crippen LogP contribution in [0.3, 0.4) is 0 Å². The minimum absolute atomic E-state index is 0. The van der Waals surface area contributed by atoms with E-state index in [0.717, 1.165) is 6.54 Å². The topological polar surface area (TPSA) is 203 Å². The number of hydrogen-bond acceptors (Lipinski definition) is 14. The van der Waals surface area contributed by atoms with Crippen LogP contribution in [0.1, 0.15) is 53.4 Å². The average molecular weight is 636 g/mol. The van der Waals surface area contributed by atoms with Crippen molar-refractivity contribution in [3.05, 3.63) is 0 Å². The molecule has 1 amide bonds. The van der Waals surface area contributed by atoms with Crippen molar-refractivity contribution in [3.63, 3.8) is 0 Å². The molecule has 0 radical (unpaired) electrons. The van der Waals surface area contributed by atoms with Crippen molar-refractivity contribution in [2.45, 2.75) is 53.4 Å². The second kappa shape index (κ2) is 39.5. The van der Waals surface area contributed by atoms with Gasteiger partial charge in [0.25, 0.3) is 5.97 Å². The number of methoxy groups -OCH3 is 2. The molecule has 0 aromatic heterocycles. The van der Waals surface area contributed by atoms with Crippen LogP contribution in [0.2, 0.25) is 0 Å². The fourth-order valence-corrected chi connectivity index (χ4v) is 2.46. The van der Waals surface area contributed by atoms with E-state index in [9.17, 15) is 28.8 Å². The van der Waals surface area contributed by atoms with Crippen LogP contribution in [0.5, 0.6) is 0 Å². The third kappa shape index (κ3) is 38.5. The zero-order valence-corrected chi connectivity index (χ0v) is 29.3. The number of hydrogen-bond donors (Lipinski definition) is 1. The summed E-state index contributed by atoms with van der Waals surface area (Å²) in [4.78, 5) is 66.3. The fourth-order valence-electron chi connectivity index (χ4n) is 2.46. The Morgan fingerprint density at radius 1 is 0.667 bits per heavy atom. The molecular formula is C26H48KN2O13-. The maximum Gasteiger partial charge on any atom is 1.00 e. The van der Waals surface area contributed by atoms with Crippen molar-refractivity contribution in [1.29, 1.82) is 0 Å². The summed E-state index contributed by atoms with van der Waals surface area (Å²) in [7, 11) is 3.16. The first kappa shape index (κ1) is 50.1. The average Bonchev–Trinajstić information content (AvgIpc) is 2.90. The molecule has 0 aliphatic rings. The smallest absolute Gasteiger partial charge is 0.870 e. The molecule has 0 saturated heterocycles. The Morgan fingerprint density at radius 3 is 1.62 bits per heavy atom. The second-order valence-corrected chi connectivity index (χ2v) is 7.33. The third-order valence-corrected chi connectivity index (χ3v) is 4.23. The van der Waals surface area contributed by atoms with E-state index in [1.54, 1.807) is 34.8 Å². The van der Waals surface area contributed by atoms with E-state index < -0.39 is 11.9 Å². The Hall–Kier alpha value is -1.50. The van der Waals surface area contributed by atoms with E-state index in [4.69, 9.17) is 23.7 Å². The van der Waals surface area contributed by atoms with Gasteiger partial charge in [-0.05, 0) is 27.7 Å². The molecule has 2 N–H and O–H groups in total. The van der Waals surface area contributed by atoms with Gasteiger partial charge in [0.1, 0.15) is 6.42 Å².